The van der Waals surface area contributed by atoms with E-state index in [1.54, 1.807) is 34.7 Å². The molecular formula is C24H24N4O3. The molecule has 0 spiro atoms. The molecule has 158 valence electrons. The van der Waals surface area contributed by atoms with E-state index in [0.717, 1.165) is 22.4 Å². The van der Waals surface area contributed by atoms with Crippen LogP contribution in [-0.4, -0.2) is 33.7 Å². The molecule has 7 heteroatoms. The van der Waals surface area contributed by atoms with E-state index in [2.05, 4.69) is 10.4 Å². The molecule has 4 aromatic rings. The highest BCUT2D eigenvalue weighted by Gasteiger charge is 2.11. The quantitative estimate of drug-likeness (QED) is 0.524. The van der Waals surface area contributed by atoms with E-state index in [-0.39, 0.29) is 11.5 Å². The van der Waals surface area contributed by atoms with Crippen molar-refractivity contribution in [3.8, 4) is 17.0 Å². The van der Waals surface area contributed by atoms with E-state index < -0.39 is 0 Å². The van der Waals surface area contributed by atoms with E-state index in [1.165, 1.54) is 0 Å². The Hall–Kier alpha value is -3.87. The fourth-order valence-corrected chi connectivity index (χ4v) is 3.58. The summed E-state index contributed by atoms with van der Waals surface area (Å²) in [6.07, 6.45) is 3.42. The number of aromatic nitrogens is 3. The Labute approximate surface area is 179 Å². The Kier molecular flexibility index (Phi) is 5.58. The summed E-state index contributed by atoms with van der Waals surface area (Å²) in [5, 5.41) is 7.40. The Morgan fingerprint density at radius 1 is 1.10 bits per heavy atom. The molecule has 2 aromatic heterocycles. The van der Waals surface area contributed by atoms with E-state index in [1.807, 2.05) is 56.3 Å². The molecule has 1 amide bonds. The van der Waals surface area contributed by atoms with Gasteiger partial charge in [-0.3, -0.25) is 9.59 Å². The van der Waals surface area contributed by atoms with Gasteiger partial charge in [0.15, 0.2) is 0 Å². The summed E-state index contributed by atoms with van der Waals surface area (Å²) in [5.41, 5.74) is 4.56. The van der Waals surface area contributed by atoms with Gasteiger partial charge < -0.3 is 14.6 Å². The van der Waals surface area contributed by atoms with Crippen LogP contribution in [0.4, 0.5) is 0 Å². The van der Waals surface area contributed by atoms with Crippen LogP contribution in [0.25, 0.3) is 16.8 Å². The molecule has 0 saturated heterocycles. The molecule has 0 saturated carbocycles. The van der Waals surface area contributed by atoms with Crippen LogP contribution in [0, 0.1) is 13.8 Å². The van der Waals surface area contributed by atoms with Crippen LogP contribution in [0.3, 0.4) is 0 Å². The number of hydrogen-bond donors (Lipinski definition) is 1. The molecule has 0 aliphatic heterocycles. The molecule has 0 bridgehead atoms. The van der Waals surface area contributed by atoms with Crippen molar-refractivity contribution < 1.29 is 9.53 Å². The molecule has 0 fully saturated rings. The first-order valence-electron chi connectivity index (χ1n) is 10.0. The van der Waals surface area contributed by atoms with Gasteiger partial charge in [0.1, 0.15) is 11.3 Å². The largest absolute Gasteiger partial charge is 0.497 e. The number of nitrogens with one attached hydrogen (secondary N) is 1. The SMILES string of the molecule is COc1cccc(-c2cc3c(=O)n(CCNC(=O)c4ccc(C)cc4C)ccn3n2)c1. The number of fused-ring (bicyclic) bond motifs is 1. The normalized spacial score (nSPS) is 10.9. The first kappa shape index (κ1) is 20.4. The van der Waals surface area contributed by atoms with E-state index in [9.17, 15) is 9.59 Å². The Morgan fingerprint density at radius 3 is 2.71 bits per heavy atom. The van der Waals surface area contributed by atoms with Crippen molar-refractivity contribution in [3.05, 3.63) is 88.0 Å². The molecule has 7 nitrogen and oxygen atoms in total. The monoisotopic (exact) mass is 416 g/mol. The highest BCUT2D eigenvalue weighted by atomic mass is 16.5. The summed E-state index contributed by atoms with van der Waals surface area (Å²) < 4.78 is 8.42. The van der Waals surface area contributed by atoms with Gasteiger partial charge >= 0.3 is 0 Å². The molecule has 1 N–H and O–H groups in total. The molecule has 2 heterocycles. The molecule has 0 aliphatic carbocycles. The first-order valence-corrected chi connectivity index (χ1v) is 10.0. The third-order valence-electron chi connectivity index (χ3n) is 5.23. The van der Waals surface area contributed by atoms with Crippen LogP contribution in [-0.2, 0) is 6.54 Å². The Balaban J connectivity index is 1.50. The van der Waals surface area contributed by atoms with Crippen LogP contribution in [0.5, 0.6) is 5.75 Å². The number of rotatable bonds is 6. The van der Waals surface area contributed by atoms with Crippen LogP contribution in [0.1, 0.15) is 21.5 Å². The second-order valence-electron chi connectivity index (χ2n) is 7.46. The van der Waals surface area contributed by atoms with E-state index in [0.29, 0.717) is 29.9 Å². The minimum absolute atomic E-state index is 0.142. The van der Waals surface area contributed by atoms with Crippen molar-refractivity contribution in [3.63, 3.8) is 0 Å². The molecule has 0 unspecified atom stereocenters. The van der Waals surface area contributed by atoms with Gasteiger partial charge in [0.2, 0.25) is 0 Å². The lowest BCUT2D eigenvalue weighted by molar-refractivity contribution is 0.0951. The number of ether oxygens (including phenoxy) is 1. The highest BCUT2D eigenvalue weighted by Crippen LogP contribution is 2.23. The fourth-order valence-electron chi connectivity index (χ4n) is 3.58. The van der Waals surface area contributed by atoms with Gasteiger partial charge in [0.25, 0.3) is 11.5 Å². The van der Waals surface area contributed by atoms with E-state index in [4.69, 9.17) is 4.74 Å². The minimum Gasteiger partial charge on any atom is -0.497 e. The lowest BCUT2D eigenvalue weighted by Gasteiger charge is -2.10. The average molecular weight is 416 g/mol. The number of benzene rings is 2. The van der Waals surface area contributed by atoms with Crippen molar-refractivity contribution in [2.75, 3.05) is 13.7 Å². The van der Waals surface area contributed by atoms with Crippen LogP contribution < -0.4 is 15.6 Å². The van der Waals surface area contributed by atoms with Gasteiger partial charge in [-0.05, 0) is 43.7 Å². The molecule has 0 aliphatic rings. The average Bonchev–Trinajstić information content (AvgIpc) is 3.20. The molecular weight excluding hydrogens is 392 g/mol. The molecule has 2 aromatic carbocycles. The van der Waals surface area contributed by atoms with Crippen LogP contribution >= 0.6 is 0 Å². The number of amides is 1. The number of carbonyl (C=O) groups is 1. The minimum atomic E-state index is -0.162. The summed E-state index contributed by atoms with van der Waals surface area (Å²) in [4.78, 5) is 25.4. The number of carbonyl (C=O) groups excluding carboxylic acids is 1. The third kappa shape index (κ3) is 4.21. The zero-order chi connectivity index (χ0) is 22.0. The van der Waals surface area contributed by atoms with Gasteiger partial charge in [-0.25, -0.2) is 4.52 Å². The smallest absolute Gasteiger partial charge is 0.276 e. The number of hydrogen-bond acceptors (Lipinski definition) is 4. The van der Waals surface area contributed by atoms with Gasteiger partial charge in [0.05, 0.1) is 12.8 Å². The number of aryl methyl sites for hydroxylation is 2. The Morgan fingerprint density at radius 2 is 1.94 bits per heavy atom. The van der Waals surface area contributed by atoms with Crippen molar-refractivity contribution >= 4 is 11.4 Å². The zero-order valence-corrected chi connectivity index (χ0v) is 17.8. The second kappa shape index (κ2) is 8.47. The maximum absolute atomic E-state index is 12.9. The summed E-state index contributed by atoms with van der Waals surface area (Å²) >= 11 is 0. The maximum Gasteiger partial charge on any atom is 0.276 e. The molecule has 4 rings (SSSR count). The summed E-state index contributed by atoms with van der Waals surface area (Å²) in [6.45, 7) is 4.62. The second-order valence-corrected chi connectivity index (χ2v) is 7.46. The standard InChI is InChI=1S/C24H24N4O3/c1-16-7-8-20(17(2)13-16)23(29)25-9-10-27-11-12-28-22(24(27)30)15-21(26-28)18-5-4-6-19(14-18)31-3/h4-8,11-15H,9-10H2,1-3H3,(H,25,29). The first-order chi connectivity index (χ1) is 15.0. The van der Waals surface area contributed by atoms with Crippen LogP contribution in [0.15, 0.2) is 65.7 Å². The number of methoxy groups -OCH3 is 1. The topological polar surface area (TPSA) is 77.6 Å². The van der Waals surface area contributed by atoms with Gasteiger partial charge in [-0.15, -0.1) is 0 Å². The predicted octanol–water partition coefficient (Wildman–Crippen LogP) is 3.22. The zero-order valence-electron chi connectivity index (χ0n) is 17.8. The number of nitrogens with zero attached hydrogens (tertiary/aromatic N) is 3. The van der Waals surface area contributed by atoms with Crippen molar-refractivity contribution in [1.82, 2.24) is 19.5 Å². The predicted molar refractivity (Wildman–Crippen MR) is 120 cm³/mol. The fraction of sp³-hybridized carbons (Fsp3) is 0.208. The molecule has 0 radical (unpaired) electrons. The lowest BCUT2D eigenvalue weighted by Crippen LogP contribution is -2.31. The lowest BCUT2D eigenvalue weighted by atomic mass is 10.1. The maximum atomic E-state index is 12.9. The summed E-state index contributed by atoms with van der Waals surface area (Å²) in [7, 11) is 1.61. The van der Waals surface area contributed by atoms with Gasteiger partial charge in [0, 0.05) is 36.6 Å². The summed E-state index contributed by atoms with van der Waals surface area (Å²) in [6, 6.07) is 15.0. The van der Waals surface area contributed by atoms with Crippen LogP contribution in [0.2, 0.25) is 0 Å². The van der Waals surface area contributed by atoms with Crippen molar-refractivity contribution in [2.24, 2.45) is 0 Å². The van der Waals surface area contributed by atoms with Gasteiger partial charge in [-0.2, -0.15) is 5.10 Å². The molecule has 0 atom stereocenters. The van der Waals surface area contributed by atoms with Crippen molar-refractivity contribution in [1.29, 1.82) is 0 Å². The van der Waals surface area contributed by atoms with E-state index >= 15 is 0 Å². The highest BCUT2D eigenvalue weighted by molar-refractivity contribution is 5.95. The Bertz CT molecular complexity index is 1320. The van der Waals surface area contributed by atoms with Gasteiger partial charge in [-0.1, -0.05) is 29.8 Å². The summed E-state index contributed by atoms with van der Waals surface area (Å²) in [5.74, 6) is 0.586. The van der Waals surface area contributed by atoms with Crippen molar-refractivity contribution in [2.45, 2.75) is 20.4 Å². The third-order valence-corrected chi connectivity index (χ3v) is 5.23. The molecule has 31 heavy (non-hydrogen) atoms.